The lowest BCUT2D eigenvalue weighted by Gasteiger charge is -2.11. The Bertz CT molecular complexity index is 69.1. The monoisotopic (exact) mass is 158 g/mol. The van der Waals surface area contributed by atoms with Gasteiger partial charge in [-0.15, -0.1) is 0 Å². The number of hydrogen-bond donors (Lipinski definition) is 1. The van der Waals surface area contributed by atoms with Gasteiger partial charge in [-0.25, -0.2) is 0 Å². The summed E-state index contributed by atoms with van der Waals surface area (Å²) in [6, 6.07) is 0. The van der Waals surface area contributed by atoms with Gasteiger partial charge in [0.15, 0.2) is 0 Å². The third kappa shape index (κ3) is 8.09. The van der Waals surface area contributed by atoms with E-state index < -0.39 is 10.2 Å². The van der Waals surface area contributed by atoms with Gasteiger partial charge in [0.05, 0.1) is 14.5 Å². The lowest BCUT2D eigenvalue weighted by atomic mass is 10.5. The molecule has 0 saturated carbocycles. The first kappa shape index (κ1) is 9.09. The predicted molar refractivity (Wildman–Crippen MR) is 17.7 cm³/mol. The average Bonchev–Trinajstić information content (AvgIpc) is 1.63. The third-order valence-corrected chi connectivity index (χ3v) is 0.935. The van der Waals surface area contributed by atoms with Crippen molar-refractivity contribution >= 4 is 0 Å². The standard InChI is InChI=1S/C3H7ClO5/c5-2-1-3-9-4(6,7)8/h5H,1-3H2. The molecule has 0 radical (unpaired) electrons. The summed E-state index contributed by atoms with van der Waals surface area (Å²) in [5.74, 6) is 0. The molecule has 0 unspecified atom stereocenters. The molecule has 0 aromatic carbocycles. The molecule has 0 aromatic heterocycles. The van der Waals surface area contributed by atoms with Gasteiger partial charge in [-0.2, -0.15) is 14.0 Å². The van der Waals surface area contributed by atoms with E-state index in [1.54, 1.807) is 0 Å². The van der Waals surface area contributed by atoms with Crippen LogP contribution in [0.1, 0.15) is 6.42 Å². The lowest BCUT2D eigenvalue weighted by molar-refractivity contribution is -1.92. The number of aliphatic hydroxyl groups is 1. The molecule has 0 heterocycles. The molecular formula is C3H7ClO5. The first-order chi connectivity index (χ1) is 4.06. The van der Waals surface area contributed by atoms with E-state index in [0.717, 1.165) is 0 Å². The van der Waals surface area contributed by atoms with Crippen molar-refractivity contribution < 1.29 is 33.6 Å². The summed E-state index contributed by atoms with van der Waals surface area (Å²) >= 11 is 0. The van der Waals surface area contributed by atoms with Crippen LogP contribution >= 0.6 is 0 Å². The second-order valence-corrected chi connectivity index (χ2v) is 2.24. The van der Waals surface area contributed by atoms with Crippen LogP contribution in [0.2, 0.25) is 0 Å². The summed E-state index contributed by atoms with van der Waals surface area (Å²) in [6.07, 6.45) is 0.147. The maximum absolute atomic E-state index is 9.62. The molecule has 0 amide bonds. The molecule has 0 spiro atoms. The van der Waals surface area contributed by atoms with Crippen molar-refractivity contribution in [2.45, 2.75) is 6.42 Å². The molecule has 0 aliphatic heterocycles. The lowest BCUT2D eigenvalue weighted by Crippen LogP contribution is -2.61. The normalized spacial score (nSPS) is 12.0. The highest BCUT2D eigenvalue weighted by atomic mass is 35.7. The first-order valence-electron chi connectivity index (χ1n) is 2.22. The van der Waals surface area contributed by atoms with Crippen molar-refractivity contribution in [1.29, 1.82) is 0 Å². The second-order valence-electron chi connectivity index (χ2n) is 1.27. The maximum Gasteiger partial charge on any atom is 0.206 e. The summed E-state index contributed by atoms with van der Waals surface area (Å²) in [6.45, 7) is -0.449. The molecule has 6 heteroatoms. The van der Waals surface area contributed by atoms with E-state index >= 15 is 0 Å². The van der Waals surface area contributed by atoms with Crippen molar-refractivity contribution in [3.63, 3.8) is 0 Å². The fraction of sp³-hybridized carbons (Fsp3) is 1.00. The minimum atomic E-state index is -4.31. The number of hydrogen-bond acceptors (Lipinski definition) is 5. The average molecular weight is 159 g/mol. The van der Waals surface area contributed by atoms with Crippen LogP contribution in [-0.4, -0.2) is 18.3 Å². The Hall–Kier alpha value is 0.0900. The molecule has 1 N–H and O–H groups in total. The number of aliphatic hydroxyl groups excluding tert-OH is 1. The fourth-order valence-electron chi connectivity index (χ4n) is 0.214. The van der Waals surface area contributed by atoms with Gasteiger partial charge in [0.1, 0.15) is 0 Å². The fourth-order valence-corrected chi connectivity index (χ4v) is 0.512. The maximum atomic E-state index is 9.62. The largest absolute Gasteiger partial charge is 0.396 e. The van der Waals surface area contributed by atoms with Crippen LogP contribution in [0.5, 0.6) is 0 Å². The van der Waals surface area contributed by atoms with E-state index in [1.807, 2.05) is 0 Å². The van der Waals surface area contributed by atoms with Crippen LogP contribution < -0.4 is 14.0 Å². The van der Waals surface area contributed by atoms with E-state index in [-0.39, 0.29) is 19.6 Å². The summed E-state index contributed by atoms with van der Waals surface area (Å²) in [5.41, 5.74) is 0. The molecule has 5 nitrogen and oxygen atoms in total. The zero-order valence-electron chi connectivity index (χ0n) is 4.58. The van der Waals surface area contributed by atoms with Crippen LogP contribution in [0, 0.1) is 10.2 Å². The van der Waals surface area contributed by atoms with Gasteiger partial charge in [0, 0.05) is 13.0 Å². The van der Waals surface area contributed by atoms with E-state index in [4.69, 9.17) is 5.11 Å². The Morgan fingerprint density at radius 3 is 2.22 bits per heavy atom. The Labute approximate surface area is 54.2 Å². The van der Waals surface area contributed by atoms with Crippen LogP contribution in [0.15, 0.2) is 0 Å². The molecule has 0 atom stereocenters. The van der Waals surface area contributed by atoms with Crippen molar-refractivity contribution in [3.05, 3.63) is 0 Å². The predicted octanol–water partition coefficient (Wildman–Crippen LogP) is -3.72. The van der Waals surface area contributed by atoms with Gasteiger partial charge in [-0.05, 0) is 0 Å². The smallest absolute Gasteiger partial charge is 0.206 e. The summed E-state index contributed by atoms with van der Waals surface area (Å²) in [7, 11) is -4.31. The number of rotatable bonds is 4. The molecule has 0 aliphatic carbocycles. The summed E-state index contributed by atoms with van der Waals surface area (Å²) < 4.78 is 32.6. The molecule has 0 rings (SSSR count). The van der Waals surface area contributed by atoms with Crippen LogP contribution in [0.4, 0.5) is 0 Å². The minimum absolute atomic E-state index is 0.147. The summed E-state index contributed by atoms with van der Waals surface area (Å²) in [5, 5.41) is 8.08. The van der Waals surface area contributed by atoms with E-state index in [1.165, 1.54) is 0 Å². The van der Waals surface area contributed by atoms with Gasteiger partial charge < -0.3 is 5.11 Å². The highest BCUT2D eigenvalue weighted by Gasteiger charge is 2.15. The molecule has 0 aromatic rings. The quantitative estimate of drug-likeness (QED) is 0.425. The van der Waals surface area contributed by atoms with Crippen molar-refractivity contribution in [1.82, 2.24) is 0 Å². The summed E-state index contributed by atoms with van der Waals surface area (Å²) in [4.78, 5) is 0. The zero-order chi connectivity index (χ0) is 7.33. The Morgan fingerprint density at radius 1 is 1.33 bits per heavy atom. The topological polar surface area (TPSA) is 98.6 Å². The molecule has 0 fully saturated rings. The molecule has 0 aliphatic rings. The Morgan fingerprint density at radius 2 is 1.89 bits per heavy atom. The molecule has 0 bridgehead atoms. The minimum Gasteiger partial charge on any atom is -0.396 e. The first-order valence-corrected chi connectivity index (χ1v) is 3.46. The highest BCUT2D eigenvalue weighted by molar-refractivity contribution is 4.23. The van der Waals surface area contributed by atoms with Gasteiger partial charge in [0.2, 0.25) is 6.61 Å². The second kappa shape index (κ2) is 3.99. The molecule has 9 heavy (non-hydrogen) atoms. The number of halogens is 1. The van der Waals surface area contributed by atoms with Gasteiger partial charge in [0.25, 0.3) is 0 Å². The van der Waals surface area contributed by atoms with Crippen molar-refractivity contribution in [3.8, 4) is 0 Å². The van der Waals surface area contributed by atoms with E-state index in [0.29, 0.717) is 0 Å². The van der Waals surface area contributed by atoms with Gasteiger partial charge in [-0.3, -0.25) is 0 Å². The van der Waals surface area contributed by atoms with Crippen LogP contribution in [-0.2, 0) is 4.29 Å². The van der Waals surface area contributed by atoms with Crippen molar-refractivity contribution in [2.75, 3.05) is 13.2 Å². The zero-order valence-corrected chi connectivity index (χ0v) is 5.34. The third-order valence-electron chi connectivity index (χ3n) is 0.513. The molecular weight excluding hydrogens is 151 g/mol. The Balaban J connectivity index is 3.07. The Kier molecular flexibility index (Phi) is 4.03. The van der Waals surface area contributed by atoms with Crippen LogP contribution in [0.3, 0.4) is 0 Å². The van der Waals surface area contributed by atoms with Gasteiger partial charge >= 0.3 is 0 Å². The molecule has 56 valence electrons. The van der Waals surface area contributed by atoms with E-state index in [9.17, 15) is 14.0 Å². The highest BCUT2D eigenvalue weighted by Crippen LogP contribution is 1.88. The van der Waals surface area contributed by atoms with Crippen LogP contribution in [0.25, 0.3) is 0 Å². The molecule has 0 saturated heterocycles. The SMILES string of the molecule is [O-][Cl+3]([O-])([O-])OCCCO. The van der Waals surface area contributed by atoms with Gasteiger partial charge in [-0.1, -0.05) is 0 Å². The van der Waals surface area contributed by atoms with E-state index in [2.05, 4.69) is 4.29 Å². The van der Waals surface area contributed by atoms with Crippen molar-refractivity contribution in [2.24, 2.45) is 0 Å².